The molecule has 0 aromatic carbocycles. The van der Waals surface area contributed by atoms with E-state index in [9.17, 15) is 0 Å². The second kappa shape index (κ2) is 5.05. The van der Waals surface area contributed by atoms with E-state index in [-0.39, 0.29) is 12.2 Å². The van der Waals surface area contributed by atoms with Crippen LogP contribution in [0.25, 0.3) is 0 Å². The van der Waals surface area contributed by atoms with Crippen LogP contribution in [0.2, 0.25) is 0 Å². The molecule has 0 bridgehead atoms. The summed E-state index contributed by atoms with van der Waals surface area (Å²) in [7, 11) is 0. The molecule has 0 heterocycles. The highest BCUT2D eigenvalue weighted by Gasteiger charge is 2.11. The normalized spacial score (nSPS) is 35.2. The fourth-order valence-electron chi connectivity index (χ4n) is 1.07. The van der Waals surface area contributed by atoms with Gasteiger partial charge in [0.15, 0.2) is 0 Å². The van der Waals surface area contributed by atoms with Gasteiger partial charge in [0.05, 0.1) is 0 Å². The van der Waals surface area contributed by atoms with E-state index in [1.807, 2.05) is 0 Å². The quantitative estimate of drug-likeness (QED) is 0.490. The average molecular weight is 172 g/mol. The largest absolute Gasteiger partial charge is 0.251 e. The van der Waals surface area contributed by atoms with Crippen molar-refractivity contribution < 1.29 is 20.3 Å². The Morgan fingerprint density at radius 3 is 1.67 bits per heavy atom. The molecule has 4 heteroatoms. The van der Waals surface area contributed by atoms with Crippen molar-refractivity contribution in [2.24, 2.45) is 0 Å². The Hall–Kier alpha value is -0.680. The molecule has 0 saturated heterocycles. The molecule has 12 heavy (non-hydrogen) atoms. The van der Waals surface area contributed by atoms with Gasteiger partial charge in [-0.3, -0.25) is 10.5 Å². The van der Waals surface area contributed by atoms with Gasteiger partial charge in [-0.1, -0.05) is 24.3 Å². The van der Waals surface area contributed by atoms with E-state index in [0.29, 0.717) is 12.8 Å². The molecule has 1 aliphatic carbocycles. The van der Waals surface area contributed by atoms with Crippen LogP contribution in [-0.4, -0.2) is 22.7 Å². The molecular weight excluding hydrogens is 160 g/mol. The molecule has 4 nitrogen and oxygen atoms in total. The van der Waals surface area contributed by atoms with Crippen molar-refractivity contribution in [1.29, 1.82) is 0 Å². The molecule has 0 amide bonds. The van der Waals surface area contributed by atoms with Gasteiger partial charge in [-0.2, -0.15) is 0 Å². The van der Waals surface area contributed by atoms with Crippen LogP contribution in [-0.2, 0) is 9.78 Å². The molecule has 0 aromatic rings. The number of rotatable bonds is 2. The first kappa shape index (κ1) is 9.41. The highest BCUT2D eigenvalue weighted by atomic mass is 17.1. The average Bonchev–Trinajstić information content (AvgIpc) is 2.05. The highest BCUT2D eigenvalue weighted by Crippen LogP contribution is 2.11. The van der Waals surface area contributed by atoms with E-state index in [1.165, 1.54) is 0 Å². The van der Waals surface area contributed by atoms with Gasteiger partial charge < -0.3 is 0 Å². The third-order valence-electron chi connectivity index (χ3n) is 1.77. The Kier molecular flexibility index (Phi) is 3.96. The van der Waals surface area contributed by atoms with Crippen LogP contribution in [0.15, 0.2) is 24.3 Å². The fraction of sp³-hybridized carbons (Fsp3) is 0.500. The predicted octanol–water partition coefficient (Wildman–Crippen LogP) is 1.61. The zero-order valence-electron chi connectivity index (χ0n) is 6.59. The van der Waals surface area contributed by atoms with Crippen LogP contribution in [0.4, 0.5) is 0 Å². The van der Waals surface area contributed by atoms with E-state index in [4.69, 9.17) is 10.5 Å². The van der Waals surface area contributed by atoms with E-state index >= 15 is 0 Å². The Balaban J connectivity index is 2.51. The summed E-state index contributed by atoms with van der Waals surface area (Å²) >= 11 is 0. The van der Waals surface area contributed by atoms with Gasteiger partial charge in [-0.15, -0.1) is 0 Å². The summed E-state index contributed by atoms with van der Waals surface area (Å²) in [5, 5.41) is 16.8. The maximum absolute atomic E-state index is 8.39. The fourth-order valence-corrected chi connectivity index (χ4v) is 1.07. The Morgan fingerprint density at radius 2 is 1.33 bits per heavy atom. The van der Waals surface area contributed by atoms with Crippen LogP contribution in [0.1, 0.15) is 12.8 Å². The molecule has 2 unspecified atom stereocenters. The van der Waals surface area contributed by atoms with E-state index in [0.717, 1.165) is 0 Å². The summed E-state index contributed by atoms with van der Waals surface area (Å²) in [6.45, 7) is 0. The topological polar surface area (TPSA) is 58.9 Å². The first-order valence-corrected chi connectivity index (χ1v) is 3.82. The van der Waals surface area contributed by atoms with Crippen molar-refractivity contribution in [2.45, 2.75) is 25.0 Å². The van der Waals surface area contributed by atoms with Crippen LogP contribution < -0.4 is 0 Å². The minimum atomic E-state index is -0.312. The Bertz CT molecular complexity index is 156. The third kappa shape index (κ3) is 2.75. The monoisotopic (exact) mass is 172 g/mol. The molecule has 0 aromatic heterocycles. The maximum Gasteiger partial charge on any atom is 0.111 e. The minimum Gasteiger partial charge on any atom is -0.251 e. The smallest absolute Gasteiger partial charge is 0.111 e. The maximum atomic E-state index is 8.39. The first-order chi connectivity index (χ1) is 5.86. The molecular formula is C8H12O4. The van der Waals surface area contributed by atoms with Gasteiger partial charge in [0.25, 0.3) is 0 Å². The van der Waals surface area contributed by atoms with E-state index in [1.54, 1.807) is 24.3 Å². The van der Waals surface area contributed by atoms with Gasteiger partial charge in [0, 0.05) is 0 Å². The van der Waals surface area contributed by atoms with Gasteiger partial charge in [-0.05, 0) is 12.8 Å². The number of hydrogen-bond donors (Lipinski definition) is 2. The molecule has 0 fully saturated rings. The summed E-state index contributed by atoms with van der Waals surface area (Å²) in [5.41, 5.74) is 0. The molecule has 0 aliphatic heterocycles. The summed E-state index contributed by atoms with van der Waals surface area (Å²) in [5.74, 6) is 0. The van der Waals surface area contributed by atoms with Gasteiger partial charge in [-0.25, -0.2) is 9.78 Å². The zero-order chi connectivity index (χ0) is 8.81. The third-order valence-corrected chi connectivity index (χ3v) is 1.77. The SMILES string of the molecule is OOC1/C=C\C=C/C(OO)CC1. The van der Waals surface area contributed by atoms with Crippen LogP contribution >= 0.6 is 0 Å². The van der Waals surface area contributed by atoms with Crippen molar-refractivity contribution in [2.75, 3.05) is 0 Å². The highest BCUT2D eigenvalue weighted by molar-refractivity contribution is 5.09. The molecule has 0 radical (unpaired) electrons. The van der Waals surface area contributed by atoms with Crippen molar-refractivity contribution in [1.82, 2.24) is 0 Å². The van der Waals surface area contributed by atoms with Crippen LogP contribution in [0.3, 0.4) is 0 Å². The van der Waals surface area contributed by atoms with Crippen molar-refractivity contribution >= 4 is 0 Å². The molecule has 2 N–H and O–H groups in total. The lowest BCUT2D eigenvalue weighted by Gasteiger charge is -2.13. The molecule has 1 rings (SSSR count). The van der Waals surface area contributed by atoms with Crippen molar-refractivity contribution in [3.63, 3.8) is 0 Å². The summed E-state index contributed by atoms with van der Waals surface area (Å²) in [6, 6.07) is 0. The van der Waals surface area contributed by atoms with Gasteiger partial charge >= 0.3 is 0 Å². The predicted molar refractivity (Wildman–Crippen MR) is 42.5 cm³/mol. The number of hydrogen-bond acceptors (Lipinski definition) is 4. The van der Waals surface area contributed by atoms with E-state index < -0.39 is 0 Å². The lowest BCUT2D eigenvalue weighted by Crippen LogP contribution is -2.15. The van der Waals surface area contributed by atoms with Crippen LogP contribution in [0, 0.1) is 0 Å². The first-order valence-electron chi connectivity index (χ1n) is 3.82. The summed E-state index contributed by atoms with van der Waals surface area (Å²) < 4.78 is 0. The van der Waals surface area contributed by atoms with Crippen molar-refractivity contribution in [3.05, 3.63) is 24.3 Å². The summed E-state index contributed by atoms with van der Waals surface area (Å²) in [4.78, 5) is 8.32. The Labute approximate surface area is 70.6 Å². The van der Waals surface area contributed by atoms with E-state index in [2.05, 4.69) is 9.78 Å². The minimum absolute atomic E-state index is 0.312. The lowest BCUT2D eigenvalue weighted by molar-refractivity contribution is -0.280. The van der Waals surface area contributed by atoms with Crippen molar-refractivity contribution in [3.8, 4) is 0 Å². The van der Waals surface area contributed by atoms with Gasteiger partial charge in [0.2, 0.25) is 0 Å². The molecule has 0 saturated carbocycles. The Morgan fingerprint density at radius 1 is 0.917 bits per heavy atom. The van der Waals surface area contributed by atoms with Gasteiger partial charge in [0.1, 0.15) is 12.2 Å². The second-order valence-electron chi connectivity index (χ2n) is 2.63. The summed E-state index contributed by atoms with van der Waals surface area (Å²) in [6.07, 6.45) is 7.57. The van der Waals surface area contributed by atoms with Crippen LogP contribution in [0.5, 0.6) is 0 Å². The number of allylic oxidation sites excluding steroid dienone is 2. The standard InChI is InChI=1S/C8H12O4/c9-11-7-3-1-2-4-8(12-10)6-5-7/h1-4,7-10H,5-6H2/b3-1-,4-2-. The second-order valence-corrected chi connectivity index (χ2v) is 2.63. The zero-order valence-corrected chi connectivity index (χ0v) is 6.59. The molecule has 0 spiro atoms. The molecule has 1 aliphatic rings. The lowest BCUT2D eigenvalue weighted by atomic mass is 10.1. The molecule has 2 atom stereocenters. The molecule has 68 valence electrons.